The van der Waals surface area contributed by atoms with E-state index >= 15 is 0 Å². The van der Waals surface area contributed by atoms with Crippen LogP contribution in [-0.4, -0.2) is 23.0 Å². The van der Waals surface area contributed by atoms with Crippen LogP contribution in [0.2, 0.25) is 0 Å². The Hall–Kier alpha value is -1.74. The van der Waals surface area contributed by atoms with Crippen LogP contribution >= 0.6 is 11.8 Å². The van der Waals surface area contributed by atoms with Crippen molar-refractivity contribution in [3.05, 3.63) is 33.9 Å². The second kappa shape index (κ2) is 6.43. The first-order chi connectivity index (χ1) is 9.20. The highest BCUT2D eigenvalue weighted by atomic mass is 32.2. The molecule has 0 amide bonds. The Morgan fingerprint density at radius 2 is 2.21 bits per heavy atom. The summed E-state index contributed by atoms with van der Waals surface area (Å²) in [4.78, 5) is 10.2. The van der Waals surface area contributed by atoms with E-state index < -0.39 is 4.92 Å². The Kier molecular flexibility index (Phi) is 4.63. The maximum Gasteiger partial charge on any atom is 0.270 e. The summed E-state index contributed by atoms with van der Waals surface area (Å²) < 4.78 is 0. The van der Waals surface area contributed by atoms with E-state index in [1.165, 1.54) is 36.5 Å². The zero-order valence-corrected chi connectivity index (χ0v) is 11.3. The molecule has 1 heterocycles. The lowest BCUT2D eigenvalue weighted by Crippen LogP contribution is -2.19. The first-order valence-corrected chi connectivity index (χ1v) is 7.36. The molecule has 0 atom stereocenters. The van der Waals surface area contributed by atoms with Crippen molar-refractivity contribution >= 4 is 23.1 Å². The normalized spacial score (nSPS) is 15.7. The van der Waals surface area contributed by atoms with Crippen molar-refractivity contribution in [2.75, 3.05) is 23.4 Å². The molecule has 5 nitrogen and oxygen atoms in total. The van der Waals surface area contributed by atoms with Gasteiger partial charge in [0.2, 0.25) is 0 Å². The van der Waals surface area contributed by atoms with Crippen molar-refractivity contribution in [1.29, 1.82) is 5.26 Å². The number of benzene rings is 1. The van der Waals surface area contributed by atoms with Crippen LogP contribution in [-0.2, 0) is 0 Å². The topological polar surface area (TPSA) is 79.0 Å². The van der Waals surface area contributed by atoms with Crippen LogP contribution in [0, 0.1) is 27.4 Å². The summed E-state index contributed by atoms with van der Waals surface area (Å²) in [7, 11) is 0. The Morgan fingerprint density at radius 3 is 2.84 bits per heavy atom. The summed E-state index contributed by atoms with van der Waals surface area (Å²) >= 11 is 1.98. The fourth-order valence-electron chi connectivity index (χ4n) is 2.10. The van der Waals surface area contributed by atoms with E-state index in [-0.39, 0.29) is 5.69 Å². The first kappa shape index (κ1) is 13.7. The third-order valence-corrected chi connectivity index (χ3v) is 4.31. The summed E-state index contributed by atoms with van der Waals surface area (Å²) in [5.41, 5.74) is 0.974. The molecule has 0 saturated carbocycles. The Balaban J connectivity index is 2.03. The number of hydrogen-bond acceptors (Lipinski definition) is 5. The zero-order valence-electron chi connectivity index (χ0n) is 10.5. The minimum atomic E-state index is -0.483. The number of thioether (sulfide) groups is 1. The molecule has 1 aliphatic heterocycles. The Bertz CT molecular complexity index is 507. The standard InChI is InChI=1S/C13H15N3O2S/c14-8-11-7-12(16(17)18)1-2-13(11)15-9-10-3-5-19-6-4-10/h1-2,7,10,15H,3-6,9H2. The van der Waals surface area contributed by atoms with E-state index in [0.29, 0.717) is 17.2 Å². The number of nitriles is 1. The second-order valence-electron chi connectivity index (χ2n) is 4.54. The van der Waals surface area contributed by atoms with Crippen LogP contribution in [0.15, 0.2) is 18.2 Å². The molecule has 0 bridgehead atoms. The number of non-ortho nitro benzene ring substituents is 1. The largest absolute Gasteiger partial charge is 0.384 e. The minimum absolute atomic E-state index is 0.0452. The molecule has 1 aromatic rings. The number of rotatable bonds is 4. The lowest BCUT2D eigenvalue weighted by Gasteiger charge is -2.22. The fraction of sp³-hybridized carbons (Fsp3) is 0.462. The van der Waals surface area contributed by atoms with Gasteiger partial charge < -0.3 is 5.32 Å². The molecule has 0 aromatic heterocycles. The molecule has 1 saturated heterocycles. The molecule has 2 rings (SSSR count). The van der Waals surface area contributed by atoms with Crippen molar-refractivity contribution in [3.63, 3.8) is 0 Å². The Morgan fingerprint density at radius 1 is 1.47 bits per heavy atom. The van der Waals surface area contributed by atoms with Crippen molar-refractivity contribution in [2.24, 2.45) is 5.92 Å². The van der Waals surface area contributed by atoms with Gasteiger partial charge in [-0.25, -0.2) is 0 Å². The van der Waals surface area contributed by atoms with Gasteiger partial charge in [-0.05, 0) is 36.3 Å². The lowest BCUT2D eigenvalue weighted by molar-refractivity contribution is -0.384. The van der Waals surface area contributed by atoms with E-state index in [9.17, 15) is 10.1 Å². The lowest BCUT2D eigenvalue weighted by atomic mass is 10.0. The van der Waals surface area contributed by atoms with Gasteiger partial charge in [0.05, 0.1) is 16.2 Å². The average Bonchev–Trinajstić information content (AvgIpc) is 2.45. The van der Waals surface area contributed by atoms with Gasteiger partial charge in [-0.3, -0.25) is 10.1 Å². The number of nitro groups is 1. The van der Waals surface area contributed by atoms with Crippen LogP contribution in [0.5, 0.6) is 0 Å². The van der Waals surface area contributed by atoms with Gasteiger partial charge in [-0.1, -0.05) is 0 Å². The summed E-state index contributed by atoms with van der Waals surface area (Å²) in [6, 6.07) is 6.38. The van der Waals surface area contributed by atoms with Gasteiger partial charge >= 0.3 is 0 Å². The molecule has 6 heteroatoms. The number of anilines is 1. The number of hydrogen-bond donors (Lipinski definition) is 1. The molecular weight excluding hydrogens is 262 g/mol. The predicted octanol–water partition coefficient (Wildman–Crippen LogP) is 3.02. The fourth-order valence-corrected chi connectivity index (χ4v) is 3.30. The molecule has 0 spiro atoms. The van der Waals surface area contributed by atoms with E-state index in [1.54, 1.807) is 6.07 Å². The Labute approximate surface area is 116 Å². The minimum Gasteiger partial charge on any atom is -0.384 e. The molecule has 1 aliphatic rings. The average molecular weight is 277 g/mol. The summed E-state index contributed by atoms with van der Waals surface area (Å²) in [5.74, 6) is 3.01. The molecule has 0 aliphatic carbocycles. The van der Waals surface area contributed by atoms with Crippen LogP contribution in [0.25, 0.3) is 0 Å². The quantitative estimate of drug-likeness (QED) is 0.676. The number of nitro benzene ring substituents is 1. The summed E-state index contributed by atoms with van der Waals surface area (Å²) in [6.07, 6.45) is 2.37. The molecular formula is C13H15N3O2S. The van der Waals surface area contributed by atoms with Gasteiger partial charge in [-0.2, -0.15) is 17.0 Å². The maximum atomic E-state index is 10.7. The highest BCUT2D eigenvalue weighted by Gasteiger charge is 2.15. The van der Waals surface area contributed by atoms with Crippen molar-refractivity contribution in [1.82, 2.24) is 0 Å². The molecule has 0 radical (unpaired) electrons. The highest BCUT2D eigenvalue weighted by Crippen LogP contribution is 2.25. The third kappa shape index (κ3) is 3.61. The summed E-state index contributed by atoms with van der Waals surface area (Å²) in [5, 5.41) is 23.0. The van der Waals surface area contributed by atoms with E-state index in [2.05, 4.69) is 5.32 Å². The van der Waals surface area contributed by atoms with E-state index in [1.807, 2.05) is 17.8 Å². The van der Waals surface area contributed by atoms with Crippen LogP contribution in [0.3, 0.4) is 0 Å². The molecule has 19 heavy (non-hydrogen) atoms. The molecule has 0 unspecified atom stereocenters. The summed E-state index contributed by atoms with van der Waals surface area (Å²) in [6.45, 7) is 0.826. The predicted molar refractivity (Wildman–Crippen MR) is 76.4 cm³/mol. The smallest absolute Gasteiger partial charge is 0.270 e. The maximum absolute atomic E-state index is 10.7. The van der Waals surface area contributed by atoms with Crippen LogP contribution < -0.4 is 5.32 Å². The SMILES string of the molecule is N#Cc1cc([N+](=O)[O-])ccc1NCC1CCSCC1. The number of nitrogens with one attached hydrogen (secondary N) is 1. The second-order valence-corrected chi connectivity index (χ2v) is 5.76. The van der Waals surface area contributed by atoms with Crippen LogP contribution in [0.4, 0.5) is 11.4 Å². The third-order valence-electron chi connectivity index (χ3n) is 3.26. The molecule has 1 aromatic carbocycles. The molecule has 1 N–H and O–H groups in total. The molecule has 100 valence electrons. The van der Waals surface area contributed by atoms with Crippen molar-refractivity contribution < 1.29 is 4.92 Å². The van der Waals surface area contributed by atoms with Gasteiger partial charge in [0.15, 0.2) is 0 Å². The van der Waals surface area contributed by atoms with Gasteiger partial charge in [0.25, 0.3) is 5.69 Å². The highest BCUT2D eigenvalue weighted by molar-refractivity contribution is 7.99. The zero-order chi connectivity index (χ0) is 13.7. The number of nitrogens with zero attached hydrogens (tertiary/aromatic N) is 2. The van der Waals surface area contributed by atoms with Gasteiger partial charge in [-0.15, -0.1) is 0 Å². The van der Waals surface area contributed by atoms with Gasteiger partial charge in [0, 0.05) is 18.7 Å². The van der Waals surface area contributed by atoms with E-state index in [4.69, 9.17) is 5.26 Å². The van der Waals surface area contributed by atoms with Crippen molar-refractivity contribution in [3.8, 4) is 6.07 Å². The monoisotopic (exact) mass is 277 g/mol. The van der Waals surface area contributed by atoms with Gasteiger partial charge in [0.1, 0.15) is 6.07 Å². The molecule has 1 fully saturated rings. The van der Waals surface area contributed by atoms with E-state index in [0.717, 1.165) is 6.54 Å². The van der Waals surface area contributed by atoms with Crippen molar-refractivity contribution in [2.45, 2.75) is 12.8 Å². The first-order valence-electron chi connectivity index (χ1n) is 6.21. The van der Waals surface area contributed by atoms with Crippen LogP contribution in [0.1, 0.15) is 18.4 Å².